The molecular weight excluding hydrogens is 472 g/mol. The van der Waals surface area contributed by atoms with Gasteiger partial charge in [0.2, 0.25) is 5.91 Å². The van der Waals surface area contributed by atoms with Crippen LogP contribution in [0.5, 0.6) is 0 Å². The minimum atomic E-state index is -0.724. The Morgan fingerprint density at radius 1 is 0.892 bits per heavy atom. The molecule has 0 bridgehead atoms. The first kappa shape index (κ1) is 26.9. The summed E-state index contributed by atoms with van der Waals surface area (Å²) < 4.78 is 2.85. The van der Waals surface area contributed by atoms with Gasteiger partial charge in [0.15, 0.2) is 11.5 Å². The lowest BCUT2D eigenvalue weighted by atomic mass is 10.1. The van der Waals surface area contributed by atoms with E-state index in [2.05, 4.69) is 32.8 Å². The minimum Gasteiger partial charge on any atom is -0.339 e. The van der Waals surface area contributed by atoms with Crippen molar-refractivity contribution in [1.82, 2.24) is 40.0 Å². The number of hydrogen-bond donors (Lipinski definition) is 3. The molecule has 11 heteroatoms. The third-order valence-corrected chi connectivity index (χ3v) is 6.92. The third kappa shape index (κ3) is 6.23. The number of aromatic nitrogens is 4. The molecule has 1 saturated heterocycles. The predicted octanol–water partition coefficient (Wildman–Crippen LogP) is 0.0859. The van der Waals surface area contributed by atoms with Crippen LogP contribution in [0.25, 0.3) is 22.6 Å². The van der Waals surface area contributed by atoms with Gasteiger partial charge in [0.05, 0.1) is 11.0 Å². The molecule has 0 radical (unpaired) electrons. The maximum absolute atomic E-state index is 13.5. The lowest BCUT2D eigenvalue weighted by Crippen LogP contribution is -2.48. The molecule has 0 saturated carbocycles. The largest absolute Gasteiger partial charge is 0.353 e. The van der Waals surface area contributed by atoms with Crippen molar-refractivity contribution < 1.29 is 4.79 Å². The first-order valence-corrected chi connectivity index (χ1v) is 13.2. The van der Waals surface area contributed by atoms with Gasteiger partial charge < -0.3 is 25.4 Å². The van der Waals surface area contributed by atoms with Crippen molar-refractivity contribution in [2.24, 2.45) is 0 Å². The number of carbonyl (C=O) groups is 1. The van der Waals surface area contributed by atoms with Crippen LogP contribution in [0, 0.1) is 13.8 Å². The first-order chi connectivity index (χ1) is 17.9. The maximum atomic E-state index is 13.5. The molecule has 1 fully saturated rings. The second kappa shape index (κ2) is 12.4. The Kier molecular flexibility index (Phi) is 9.01. The van der Waals surface area contributed by atoms with Gasteiger partial charge in [-0.3, -0.25) is 9.59 Å². The summed E-state index contributed by atoms with van der Waals surface area (Å²) in [5.74, 6) is -0.0125. The zero-order valence-corrected chi connectivity index (χ0v) is 22.1. The molecule has 3 aliphatic heterocycles. The Morgan fingerprint density at radius 2 is 1.51 bits per heavy atom. The van der Waals surface area contributed by atoms with E-state index in [-0.39, 0.29) is 24.0 Å². The lowest BCUT2D eigenvalue weighted by Gasteiger charge is -2.24. The number of aryl methyl sites for hydroxylation is 3. The molecule has 4 rings (SSSR count). The lowest BCUT2D eigenvalue weighted by molar-refractivity contribution is -0.131. The standard InChI is InChI=1S/C26H38N8O3/c1-4-5-12-33-21-16-19(3)18(2)15-20(21)30-23-24(33)31-26(37)34(25(23)36)17-22(35)32-13-10-28-8-6-27-7-9-29-11-14-32/h15-16,27-29H,4-14,17H2,1-3H3. The number of nitrogens with zero attached hydrogens (tertiary/aromatic N) is 5. The van der Waals surface area contributed by atoms with Crippen molar-refractivity contribution in [3.8, 4) is 11.5 Å². The van der Waals surface area contributed by atoms with E-state index in [1.54, 1.807) is 4.90 Å². The second-order valence-corrected chi connectivity index (χ2v) is 9.63. The molecule has 0 spiro atoms. The number of rotatable bonds is 5. The first-order valence-electron chi connectivity index (χ1n) is 13.2. The molecule has 3 aliphatic rings. The Balaban J connectivity index is 1.70. The molecule has 3 N–H and O–H groups in total. The van der Waals surface area contributed by atoms with Gasteiger partial charge in [-0.1, -0.05) is 13.3 Å². The third-order valence-electron chi connectivity index (χ3n) is 6.92. The summed E-state index contributed by atoms with van der Waals surface area (Å²) in [6, 6.07) is 3.99. The van der Waals surface area contributed by atoms with Gasteiger partial charge in [-0.15, -0.1) is 0 Å². The zero-order chi connectivity index (χ0) is 26.4. The Hall–Kier alpha value is -3.15. The highest BCUT2D eigenvalue weighted by atomic mass is 16.2. The molecule has 0 aromatic heterocycles. The van der Waals surface area contributed by atoms with E-state index >= 15 is 0 Å². The summed E-state index contributed by atoms with van der Waals surface area (Å²) in [5, 5.41) is 9.97. The quantitative estimate of drug-likeness (QED) is 0.412. The summed E-state index contributed by atoms with van der Waals surface area (Å²) in [5.41, 5.74) is 2.51. The summed E-state index contributed by atoms with van der Waals surface area (Å²) in [7, 11) is 0. The number of unbranched alkanes of at least 4 members (excludes halogenated alkanes) is 1. The number of amides is 1. The number of fused-ring (bicyclic) bond motifs is 2. The van der Waals surface area contributed by atoms with Crippen molar-refractivity contribution in [3.63, 3.8) is 0 Å². The van der Waals surface area contributed by atoms with Gasteiger partial charge in [-0.25, -0.2) is 14.3 Å². The molecule has 0 atom stereocenters. The zero-order valence-electron chi connectivity index (χ0n) is 22.1. The number of carbonyl (C=O) groups excluding carboxylic acids is 1. The van der Waals surface area contributed by atoms with Crippen molar-refractivity contribution in [3.05, 3.63) is 44.1 Å². The van der Waals surface area contributed by atoms with Crippen molar-refractivity contribution in [1.29, 1.82) is 0 Å². The molecule has 37 heavy (non-hydrogen) atoms. The average Bonchev–Trinajstić information content (AvgIpc) is 2.86. The fourth-order valence-electron chi connectivity index (χ4n) is 4.56. The molecule has 1 amide bonds. The number of hydrogen-bond acceptors (Lipinski definition) is 8. The van der Waals surface area contributed by atoms with E-state index in [0.29, 0.717) is 38.2 Å². The van der Waals surface area contributed by atoms with Gasteiger partial charge >= 0.3 is 5.69 Å². The second-order valence-electron chi connectivity index (χ2n) is 9.63. The summed E-state index contributed by atoms with van der Waals surface area (Å²) in [4.78, 5) is 50.4. The van der Waals surface area contributed by atoms with Crippen LogP contribution in [0.3, 0.4) is 0 Å². The smallest absolute Gasteiger partial charge is 0.339 e. The number of benzene rings is 1. The monoisotopic (exact) mass is 510 g/mol. The topological polar surface area (TPSA) is 126 Å². The molecule has 1 aromatic carbocycles. The fourth-order valence-corrected chi connectivity index (χ4v) is 4.56. The van der Waals surface area contributed by atoms with Gasteiger partial charge in [-0.2, -0.15) is 4.98 Å². The van der Waals surface area contributed by atoms with Crippen molar-refractivity contribution in [2.45, 2.75) is 46.7 Å². The maximum Gasteiger partial charge on any atom is 0.353 e. The molecular formula is C26H38N8O3. The Bertz CT molecular complexity index is 1320. The van der Waals surface area contributed by atoms with Gasteiger partial charge in [-0.05, 0) is 43.5 Å². The van der Waals surface area contributed by atoms with Crippen LogP contribution >= 0.6 is 0 Å². The highest BCUT2D eigenvalue weighted by Gasteiger charge is 2.24. The van der Waals surface area contributed by atoms with E-state index in [4.69, 9.17) is 0 Å². The molecule has 1 aromatic rings. The van der Waals surface area contributed by atoms with E-state index in [9.17, 15) is 14.4 Å². The molecule has 200 valence electrons. The average molecular weight is 511 g/mol. The number of nitrogens with one attached hydrogen (secondary N) is 3. The van der Waals surface area contributed by atoms with Gasteiger partial charge in [0.25, 0.3) is 5.56 Å². The summed E-state index contributed by atoms with van der Waals surface area (Å²) >= 11 is 0. The fraction of sp³-hybridized carbons (Fsp3) is 0.577. The van der Waals surface area contributed by atoms with Crippen LogP contribution in [-0.2, 0) is 17.9 Å². The van der Waals surface area contributed by atoms with Crippen LogP contribution < -0.4 is 27.2 Å². The molecule has 11 nitrogen and oxygen atoms in total. The SMILES string of the molecule is CCCCn1c2nc(=O)n(CC(=O)N3CCNCCNCCNCC3)c(=O)c-2nc2cc(C)c(C)cc21. The highest BCUT2D eigenvalue weighted by molar-refractivity contribution is 5.81. The van der Waals surface area contributed by atoms with E-state index in [1.165, 1.54) is 0 Å². The molecule has 3 heterocycles. The van der Waals surface area contributed by atoms with Crippen LogP contribution in [0.2, 0.25) is 0 Å². The minimum absolute atomic E-state index is 0.115. The molecule has 0 unspecified atom stereocenters. The van der Waals surface area contributed by atoms with Crippen LogP contribution in [-0.4, -0.2) is 82.3 Å². The van der Waals surface area contributed by atoms with Crippen LogP contribution in [0.1, 0.15) is 30.9 Å². The normalized spacial score (nSPS) is 16.0. The van der Waals surface area contributed by atoms with Crippen molar-refractivity contribution in [2.75, 3.05) is 52.4 Å². The van der Waals surface area contributed by atoms with E-state index in [1.807, 2.05) is 30.5 Å². The van der Waals surface area contributed by atoms with Crippen molar-refractivity contribution >= 4 is 16.9 Å². The molecule has 0 aliphatic carbocycles. The van der Waals surface area contributed by atoms with E-state index in [0.717, 1.165) is 60.2 Å². The predicted molar refractivity (Wildman–Crippen MR) is 144 cm³/mol. The Labute approximate surface area is 216 Å². The van der Waals surface area contributed by atoms with Gasteiger partial charge in [0.1, 0.15) is 6.54 Å². The van der Waals surface area contributed by atoms with Gasteiger partial charge in [0, 0.05) is 58.9 Å². The summed E-state index contributed by atoms with van der Waals surface area (Å²) in [6.45, 7) is 11.9. The Morgan fingerprint density at radius 3 is 2.16 bits per heavy atom. The highest BCUT2D eigenvalue weighted by Crippen LogP contribution is 2.24. The van der Waals surface area contributed by atoms with Crippen LogP contribution in [0.15, 0.2) is 21.7 Å². The van der Waals surface area contributed by atoms with Crippen LogP contribution in [0.4, 0.5) is 0 Å². The van der Waals surface area contributed by atoms with E-state index < -0.39 is 11.2 Å². The summed E-state index contributed by atoms with van der Waals surface area (Å²) in [6.07, 6.45) is 1.82.